The number of likely N-dealkylation sites (tertiary alicyclic amines) is 1. The number of rotatable bonds is 10. The zero-order valence-electron chi connectivity index (χ0n) is 18.4. The van der Waals surface area contributed by atoms with Gasteiger partial charge in [-0.15, -0.1) is 0 Å². The maximum atomic E-state index is 12.7. The molecule has 1 rings (SSSR count). The van der Waals surface area contributed by atoms with Gasteiger partial charge in [0.2, 0.25) is 0 Å². The standard InChI is InChI=1S/C22H39NO2SeSi/c1-9-11-12-13-14-15-17-26-21-19(20(24)23(21)16-10-2)18(3)25-27(7,8)22(4,5)6/h10,18-19,21H,2,9,11-13,16-17H2,1,3-8H3/t18-,19+,21-/m1/s1. The third kappa shape index (κ3) is 6.78. The van der Waals surface area contributed by atoms with E-state index in [4.69, 9.17) is 4.43 Å². The van der Waals surface area contributed by atoms with E-state index in [-0.39, 0.29) is 27.9 Å². The van der Waals surface area contributed by atoms with Crippen LogP contribution < -0.4 is 0 Å². The van der Waals surface area contributed by atoms with Gasteiger partial charge in [-0.3, -0.25) is 0 Å². The fourth-order valence-corrected chi connectivity index (χ4v) is 7.05. The van der Waals surface area contributed by atoms with Crippen LogP contribution in [-0.4, -0.2) is 51.7 Å². The Morgan fingerprint density at radius 1 is 1.33 bits per heavy atom. The van der Waals surface area contributed by atoms with Crippen molar-refractivity contribution < 1.29 is 9.22 Å². The molecule has 5 heteroatoms. The molecular weight excluding hydrogens is 417 g/mol. The van der Waals surface area contributed by atoms with Crippen LogP contribution in [-0.2, 0) is 9.22 Å². The van der Waals surface area contributed by atoms with E-state index in [0.29, 0.717) is 21.5 Å². The predicted molar refractivity (Wildman–Crippen MR) is 119 cm³/mol. The number of carbonyl (C=O) groups excluding carboxylic acids is 1. The number of carbonyl (C=O) groups is 1. The molecule has 0 aromatic carbocycles. The van der Waals surface area contributed by atoms with Crippen LogP contribution in [0.4, 0.5) is 0 Å². The van der Waals surface area contributed by atoms with Gasteiger partial charge in [0, 0.05) is 0 Å². The Labute approximate surface area is 175 Å². The van der Waals surface area contributed by atoms with Crippen molar-refractivity contribution >= 4 is 29.2 Å². The van der Waals surface area contributed by atoms with Crippen molar-refractivity contribution in [2.45, 2.75) is 94.8 Å². The Kier molecular flexibility index (Phi) is 9.86. The van der Waals surface area contributed by atoms with Crippen molar-refractivity contribution in [2.75, 3.05) is 6.54 Å². The first-order valence-electron chi connectivity index (χ1n) is 10.2. The minimum atomic E-state index is -1.88. The van der Waals surface area contributed by atoms with Crippen molar-refractivity contribution in [3.05, 3.63) is 12.7 Å². The van der Waals surface area contributed by atoms with E-state index in [2.05, 4.69) is 66.1 Å². The number of hydrogen-bond donors (Lipinski definition) is 0. The van der Waals surface area contributed by atoms with E-state index in [1.807, 2.05) is 11.0 Å². The second kappa shape index (κ2) is 10.9. The molecule has 1 saturated heterocycles. The molecule has 0 aliphatic carbocycles. The second-order valence-electron chi connectivity index (χ2n) is 8.90. The van der Waals surface area contributed by atoms with Crippen molar-refractivity contribution in [2.24, 2.45) is 5.92 Å². The molecule has 0 saturated carbocycles. The van der Waals surface area contributed by atoms with Gasteiger partial charge in [-0.05, 0) is 0 Å². The molecule has 3 nitrogen and oxygen atoms in total. The molecule has 0 spiro atoms. The van der Waals surface area contributed by atoms with Gasteiger partial charge in [-0.2, -0.15) is 0 Å². The molecule has 1 fully saturated rings. The van der Waals surface area contributed by atoms with Crippen LogP contribution in [0.15, 0.2) is 12.7 Å². The van der Waals surface area contributed by atoms with E-state index in [1.54, 1.807) is 0 Å². The zero-order valence-corrected chi connectivity index (χ0v) is 21.1. The van der Waals surface area contributed by atoms with E-state index >= 15 is 0 Å². The molecule has 1 heterocycles. The van der Waals surface area contributed by atoms with E-state index in [0.717, 1.165) is 11.7 Å². The van der Waals surface area contributed by atoms with E-state index in [1.165, 1.54) is 19.3 Å². The molecule has 0 radical (unpaired) electrons. The fourth-order valence-electron chi connectivity index (χ4n) is 2.95. The predicted octanol–water partition coefficient (Wildman–Crippen LogP) is 5.07. The summed E-state index contributed by atoms with van der Waals surface area (Å²) < 4.78 is 6.54. The molecular formula is C22H39NO2SeSi. The third-order valence-electron chi connectivity index (χ3n) is 5.66. The van der Waals surface area contributed by atoms with Crippen molar-refractivity contribution in [1.29, 1.82) is 0 Å². The summed E-state index contributed by atoms with van der Waals surface area (Å²) in [6.45, 7) is 20.0. The molecule has 0 aromatic heterocycles. The first-order chi connectivity index (χ1) is 12.6. The van der Waals surface area contributed by atoms with Crippen LogP contribution in [0.3, 0.4) is 0 Å². The third-order valence-corrected chi connectivity index (χ3v) is 12.7. The fraction of sp³-hybridized carbons (Fsp3) is 0.773. The molecule has 0 aromatic rings. The van der Waals surface area contributed by atoms with Gasteiger partial charge in [-0.25, -0.2) is 0 Å². The van der Waals surface area contributed by atoms with E-state index in [9.17, 15) is 4.79 Å². The Bertz CT molecular complexity index is 559. The first kappa shape index (κ1) is 24.5. The van der Waals surface area contributed by atoms with Crippen LogP contribution in [0.1, 0.15) is 60.3 Å². The molecule has 3 atom stereocenters. The Morgan fingerprint density at radius 3 is 2.56 bits per heavy atom. The van der Waals surface area contributed by atoms with Crippen LogP contribution in [0, 0.1) is 17.8 Å². The number of amides is 1. The van der Waals surface area contributed by atoms with Gasteiger partial charge in [0.15, 0.2) is 0 Å². The molecule has 1 amide bonds. The summed E-state index contributed by atoms with van der Waals surface area (Å²) in [5, 5.41) is 1.06. The van der Waals surface area contributed by atoms with Gasteiger partial charge in [0.25, 0.3) is 0 Å². The maximum absolute atomic E-state index is 12.7. The normalized spacial score (nSPS) is 21.3. The molecule has 154 valence electrons. The average molecular weight is 457 g/mol. The monoisotopic (exact) mass is 457 g/mol. The molecule has 0 bridgehead atoms. The van der Waals surface area contributed by atoms with Gasteiger partial charge in [-0.1, -0.05) is 0 Å². The summed E-state index contributed by atoms with van der Waals surface area (Å²) >= 11 is 0.296. The quantitative estimate of drug-likeness (QED) is 0.151. The first-order valence-corrected chi connectivity index (χ1v) is 15.3. The second-order valence-corrected chi connectivity index (χ2v) is 16.0. The summed E-state index contributed by atoms with van der Waals surface area (Å²) in [7, 11) is -1.88. The summed E-state index contributed by atoms with van der Waals surface area (Å²) in [4.78, 5) is 15.0. The summed E-state index contributed by atoms with van der Waals surface area (Å²) in [6.07, 6.45) is 6.49. The van der Waals surface area contributed by atoms with Crippen LogP contribution in [0.25, 0.3) is 0 Å². The Balaban J connectivity index is 2.70. The Hall–Kier alpha value is -0.534. The summed E-state index contributed by atoms with van der Waals surface area (Å²) in [6, 6.07) is 0. The number of β-lactam (4-membered cyclic amide) rings is 1. The molecule has 1 aliphatic heterocycles. The van der Waals surface area contributed by atoms with Gasteiger partial charge in [0.1, 0.15) is 0 Å². The van der Waals surface area contributed by atoms with Gasteiger partial charge < -0.3 is 0 Å². The van der Waals surface area contributed by atoms with Crippen molar-refractivity contribution in [3.63, 3.8) is 0 Å². The molecule has 0 N–H and O–H groups in total. The summed E-state index contributed by atoms with van der Waals surface area (Å²) in [5.74, 6) is 6.85. The SMILES string of the molecule is C=CCN1C(=O)[C@H]([C@@H](C)O[Si](C)(C)C(C)(C)C)[C@H]1[Se]CC#CCCCCC. The molecule has 27 heavy (non-hydrogen) atoms. The van der Waals surface area contributed by atoms with Crippen LogP contribution in [0.2, 0.25) is 23.5 Å². The molecule has 1 aliphatic rings. The summed E-state index contributed by atoms with van der Waals surface area (Å²) in [5.41, 5.74) is 0. The van der Waals surface area contributed by atoms with Crippen molar-refractivity contribution in [3.8, 4) is 11.8 Å². The molecule has 0 unspecified atom stereocenters. The topological polar surface area (TPSA) is 29.5 Å². The average Bonchev–Trinajstić information content (AvgIpc) is 2.56. The number of hydrogen-bond acceptors (Lipinski definition) is 2. The number of unbranched alkanes of at least 4 members (excludes halogenated alkanes) is 3. The minimum absolute atomic E-state index is 0.0130. The van der Waals surface area contributed by atoms with Crippen molar-refractivity contribution in [1.82, 2.24) is 4.90 Å². The Morgan fingerprint density at radius 2 is 2.00 bits per heavy atom. The number of nitrogens with zero attached hydrogens (tertiary/aromatic N) is 1. The van der Waals surface area contributed by atoms with Gasteiger partial charge in [0.05, 0.1) is 0 Å². The zero-order chi connectivity index (χ0) is 20.7. The van der Waals surface area contributed by atoms with Crippen LogP contribution in [0.5, 0.6) is 0 Å². The van der Waals surface area contributed by atoms with E-state index < -0.39 is 8.32 Å². The van der Waals surface area contributed by atoms with Gasteiger partial charge >= 0.3 is 175 Å². The van der Waals surface area contributed by atoms with Crippen LogP contribution >= 0.6 is 0 Å².